The van der Waals surface area contributed by atoms with E-state index in [1.165, 1.54) is 0 Å². The molecule has 0 aliphatic heterocycles. The van der Waals surface area contributed by atoms with Gasteiger partial charge in [-0.05, 0) is 5.56 Å². The van der Waals surface area contributed by atoms with Crippen molar-refractivity contribution >= 4 is 5.91 Å². The molecule has 1 aromatic rings. The number of hydrogen-bond acceptors (Lipinski definition) is 2. The zero-order valence-corrected chi connectivity index (χ0v) is 9.10. The van der Waals surface area contributed by atoms with Crippen LogP contribution in [0.5, 0.6) is 0 Å². The average Bonchev–Trinajstić information content (AvgIpc) is 2.30. The lowest BCUT2D eigenvalue weighted by Gasteiger charge is -2.20. The fourth-order valence-corrected chi connectivity index (χ4v) is 1.42. The molecular formula is C13H15NO2. The van der Waals surface area contributed by atoms with Gasteiger partial charge in [0.15, 0.2) is 0 Å². The molecule has 0 aliphatic rings. The van der Waals surface area contributed by atoms with Crippen LogP contribution < -0.4 is 0 Å². The van der Waals surface area contributed by atoms with Gasteiger partial charge in [-0.1, -0.05) is 36.3 Å². The van der Waals surface area contributed by atoms with E-state index in [9.17, 15) is 4.79 Å². The fraction of sp³-hybridized carbons (Fsp3) is 0.308. The number of rotatable bonds is 5. The normalized spacial score (nSPS) is 9.50. The van der Waals surface area contributed by atoms with Crippen molar-refractivity contribution in [2.75, 3.05) is 13.2 Å². The van der Waals surface area contributed by atoms with Crippen molar-refractivity contribution in [1.82, 2.24) is 4.90 Å². The molecule has 0 saturated carbocycles. The summed E-state index contributed by atoms with van der Waals surface area (Å²) in [5, 5.41) is 8.89. The zero-order chi connectivity index (χ0) is 11.8. The van der Waals surface area contributed by atoms with Gasteiger partial charge in [-0.3, -0.25) is 4.79 Å². The van der Waals surface area contributed by atoms with Gasteiger partial charge in [0.25, 0.3) is 0 Å². The van der Waals surface area contributed by atoms with Crippen molar-refractivity contribution in [1.29, 1.82) is 0 Å². The molecule has 0 radical (unpaired) electrons. The summed E-state index contributed by atoms with van der Waals surface area (Å²) in [5.41, 5.74) is 1.03. The van der Waals surface area contributed by atoms with Gasteiger partial charge in [-0.25, -0.2) is 0 Å². The van der Waals surface area contributed by atoms with Gasteiger partial charge < -0.3 is 10.0 Å². The van der Waals surface area contributed by atoms with Crippen LogP contribution in [0.2, 0.25) is 0 Å². The maximum atomic E-state index is 11.6. The Labute approximate surface area is 95.7 Å². The molecule has 1 aromatic carbocycles. The summed E-state index contributed by atoms with van der Waals surface area (Å²) in [7, 11) is 0. The molecule has 0 spiro atoms. The lowest BCUT2D eigenvalue weighted by Crippen LogP contribution is -2.32. The van der Waals surface area contributed by atoms with E-state index in [0.717, 1.165) is 5.56 Å². The minimum absolute atomic E-state index is 0.0524. The van der Waals surface area contributed by atoms with Gasteiger partial charge in [0.1, 0.15) is 0 Å². The summed E-state index contributed by atoms with van der Waals surface area (Å²) in [5.74, 6) is 2.19. The Morgan fingerprint density at radius 1 is 1.38 bits per heavy atom. The Hall–Kier alpha value is -1.79. The molecule has 84 valence electrons. The van der Waals surface area contributed by atoms with Gasteiger partial charge in [-0.15, -0.1) is 6.42 Å². The second-order valence-electron chi connectivity index (χ2n) is 3.41. The molecule has 0 heterocycles. The van der Waals surface area contributed by atoms with E-state index >= 15 is 0 Å². The van der Waals surface area contributed by atoms with Crippen molar-refractivity contribution in [3.05, 3.63) is 35.9 Å². The molecule has 0 fully saturated rings. The molecule has 3 heteroatoms. The third-order valence-electron chi connectivity index (χ3n) is 2.19. The van der Waals surface area contributed by atoms with E-state index in [4.69, 9.17) is 11.5 Å². The Balaban J connectivity index is 2.65. The molecule has 16 heavy (non-hydrogen) atoms. The van der Waals surface area contributed by atoms with Crippen LogP contribution in [0.1, 0.15) is 12.0 Å². The van der Waals surface area contributed by atoms with E-state index in [1.807, 2.05) is 30.3 Å². The van der Waals surface area contributed by atoms with Crippen molar-refractivity contribution < 1.29 is 9.90 Å². The summed E-state index contributed by atoms with van der Waals surface area (Å²) in [4.78, 5) is 13.2. The van der Waals surface area contributed by atoms with Gasteiger partial charge in [-0.2, -0.15) is 0 Å². The van der Waals surface area contributed by atoms with Crippen LogP contribution in [0.15, 0.2) is 30.3 Å². The first-order valence-electron chi connectivity index (χ1n) is 5.14. The quantitative estimate of drug-likeness (QED) is 0.748. The number of benzene rings is 1. The molecule has 1 N–H and O–H groups in total. The molecule has 0 atom stereocenters. The molecule has 0 aromatic heterocycles. The molecule has 3 nitrogen and oxygen atoms in total. The highest BCUT2D eigenvalue weighted by Crippen LogP contribution is 2.05. The van der Waals surface area contributed by atoms with Gasteiger partial charge >= 0.3 is 0 Å². The Morgan fingerprint density at radius 2 is 2.06 bits per heavy atom. The van der Waals surface area contributed by atoms with E-state index in [1.54, 1.807) is 4.90 Å². The van der Waals surface area contributed by atoms with Crippen molar-refractivity contribution in [2.45, 2.75) is 13.0 Å². The predicted octanol–water partition coefficient (Wildman–Crippen LogP) is 1.03. The number of aliphatic hydroxyl groups is 1. The third kappa shape index (κ3) is 3.76. The number of hydrogen-bond donors (Lipinski definition) is 1. The maximum Gasteiger partial charge on any atom is 0.234 e. The van der Waals surface area contributed by atoms with Gasteiger partial charge in [0.05, 0.1) is 13.0 Å². The fourth-order valence-electron chi connectivity index (χ4n) is 1.42. The molecule has 0 saturated heterocycles. The van der Waals surface area contributed by atoms with Crippen LogP contribution in [0.4, 0.5) is 0 Å². The largest absolute Gasteiger partial charge is 0.395 e. The first-order valence-corrected chi connectivity index (χ1v) is 5.14. The first kappa shape index (κ1) is 12.3. The molecule has 1 amide bonds. The highest BCUT2D eigenvalue weighted by atomic mass is 16.3. The minimum atomic E-state index is -0.125. The second kappa shape index (κ2) is 6.65. The number of nitrogens with zero attached hydrogens (tertiary/aromatic N) is 1. The van der Waals surface area contributed by atoms with Crippen molar-refractivity contribution in [3.8, 4) is 12.3 Å². The van der Waals surface area contributed by atoms with Crippen LogP contribution in [0, 0.1) is 12.3 Å². The molecular weight excluding hydrogens is 202 g/mol. The van der Waals surface area contributed by atoms with Crippen molar-refractivity contribution in [3.63, 3.8) is 0 Å². The van der Waals surface area contributed by atoms with Crippen LogP contribution in [0.3, 0.4) is 0 Å². The van der Waals surface area contributed by atoms with Crippen LogP contribution in [-0.2, 0) is 11.3 Å². The van der Waals surface area contributed by atoms with Crippen molar-refractivity contribution in [2.24, 2.45) is 0 Å². The second-order valence-corrected chi connectivity index (χ2v) is 3.41. The van der Waals surface area contributed by atoms with E-state index < -0.39 is 0 Å². The van der Waals surface area contributed by atoms with Gasteiger partial charge in [0, 0.05) is 13.1 Å². The summed E-state index contributed by atoms with van der Waals surface area (Å²) in [6.45, 7) is 0.750. The minimum Gasteiger partial charge on any atom is -0.395 e. The highest BCUT2D eigenvalue weighted by Gasteiger charge is 2.11. The first-order chi connectivity index (χ1) is 7.77. The number of aliphatic hydroxyl groups excluding tert-OH is 1. The van der Waals surface area contributed by atoms with E-state index in [-0.39, 0.29) is 18.9 Å². The monoisotopic (exact) mass is 217 g/mol. The lowest BCUT2D eigenvalue weighted by atomic mass is 10.2. The van der Waals surface area contributed by atoms with Crippen LogP contribution in [-0.4, -0.2) is 29.1 Å². The van der Waals surface area contributed by atoms with Crippen LogP contribution >= 0.6 is 0 Å². The maximum absolute atomic E-state index is 11.6. The average molecular weight is 217 g/mol. The Kier molecular flexibility index (Phi) is 5.10. The number of terminal acetylenes is 1. The predicted molar refractivity (Wildman–Crippen MR) is 62.4 cm³/mol. The lowest BCUT2D eigenvalue weighted by molar-refractivity contribution is -0.131. The highest BCUT2D eigenvalue weighted by molar-refractivity contribution is 5.78. The third-order valence-corrected chi connectivity index (χ3v) is 2.19. The smallest absolute Gasteiger partial charge is 0.234 e. The van der Waals surface area contributed by atoms with Crippen LogP contribution in [0.25, 0.3) is 0 Å². The Bertz CT molecular complexity index is 367. The summed E-state index contributed by atoms with van der Waals surface area (Å²) < 4.78 is 0. The standard InChI is InChI=1S/C13H15NO2/c1-2-6-13(16)14(9-10-15)11-12-7-4-3-5-8-12/h1,3-5,7-8,15H,6,9-11H2. The topological polar surface area (TPSA) is 40.5 Å². The number of amides is 1. The molecule has 0 aliphatic carbocycles. The van der Waals surface area contributed by atoms with E-state index in [2.05, 4.69) is 5.92 Å². The number of carbonyl (C=O) groups is 1. The number of carbonyl (C=O) groups excluding carboxylic acids is 1. The summed E-state index contributed by atoms with van der Waals surface area (Å²) >= 11 is 0. The zero-order valence-electron chi connectivity index (χ0n) is 9.10. The summed E-state index contributed by atoms with van der Waals surface area (Å²) in [6, 6.07) is 9.63. The van der Waals surface area contributed by atoms with Gasteiger partial charge in [0.2, 0.25) is 5.91 Å². The SMILES string of the molecule is C#CCC(=O)N(CCO)Cc1ccccc1. The Morgan fingerprint density at radius 3 is 2.62 bits per heavy atom. The van der Waals surface area contributed by atoms with E-state index in [0.29, 0.717) is 13.1 Å². The molecule has 0 bridgehead atoms. The molecule has 1 rings (SSSR count). The molecule has 0 unspecified atom stereocenters. The summed E-state index contributed by atoms with van der Waals surface area (Å²) in [6.07, 6.45) is 5.17.